The highest BCUT2D eigenvalue weighted by molar-refractivity contribution is 7.59. The normalized spacial score (nSPS) is 15.7. The lowest BCUT2D eigenvalue weighted by molar-refractivity contribution is -0.137. The van der Waals surface area contributed by atoms with Crippen molar-refractivity contribution in [3.8, 4) is 0 Å². The Labute approximate surface area is 114 Å². The lowest BCUT2D eigenvalue weighted by atomic mass is 10.2. The van der Waals surface area contributed by atoms with E-state index in [1.54, 1.807) is 6.92 Å². The highest BCUT2D eigenvalue weighted by atomic mass is 31.2. The molecule has 1 aromatic carbocycles. The molecule has 5 heteroatoms. The fourth-order valence-electron chi connectivity index (χ4n) is 2.10. The Morgan fingerprint density at radius 2 is 1.95 bits per heavy atom. The first-order valence-electron chi connectivity index (χ1n) is 6.50. The molecule has 0 spiro atoms. The third-order valence-electron chi connectivity index (χ3n) is 3.03. The molecule has 0 aromatic heterocycles. The van der Waals surface area contributed by atoms with Crippen molar-refractivity contribution in [2.75, 3.05) is 6.61 Å². The van der Waals surface area contributed by atoms with Gasteiger partial charge in [0.05, 0.1) is 19.2 Å². The minimum Gasteiger partial charge on any atom is -0.481 e. The number of hydrogen-bond donors (Lipinski definition) is 1. The Morgan fingerprint density at radius 3 is 2.42 bits per heavy atom. The van der Waals surface area contributed by atoms with Crippen LogP contribution < -0.4 is 0 Å². The zero-order chi connectivity index (χ0) is 14.3. The molecule has 0 radical (unpaired) electrons. The molecule has 0 saturated heterocycles. The van der Waals surface area contributed by atoms with E-state index in [1.165, 1.54) is 0 Å². The van der Waals surface area contributed by atoms with Crippen LogP contribution in [-0.2, 0) is 20.0 Å². The van der Waals surface area contributed by atoms with Gasteiger partial charge in [-0.2, -0.15) is 0 Å². The van der Waals surface area contributed by atoms with Crippen LogP contribution >= 0.6 is 7.37 Å². The van der Waals surface area contributed by atoms with Crippen molar-refractivity contribution < 1.29 is 19.0 Å². The number of rotatable bonds is 8. The van der Waals surface area contributed by atoms with Crippen LogP contribution in [0.15, 0.2) is 30.3 Å². The van der Waals surface area contributed by atoms with E-state index in [9.17, 15) is 9.36 Å². The van der Waals surface area contributed by atoms with Gasteiger partial charge in [-0.15, -0.1) is 0 Å². The maximum atomic E-state index is 13.0. The van der Waals surface area contributed by atoms with E-state index in [0.29, 0.717) is 19.2 Å². The van der Waals surface area contributed by atoms with Crippen molar-refractivity contribution in [2.24, 2.45) is 0 Å². The van der Waals surface area contributed by atoms with E-state index in [-0.39, 0.29) is 6.42 Å². The molecule has 19 heavy (non-hydrogen) atoms. The summed E-state index contributed by atoms with van der Waals surface area (Å²) in [5.41, 5.74) is 0.494. The van der Waals surface area contributed by atoms with Crippen LogP contribution in [0.2, 0.25) is 0 Å². The molecule has 4 nitrogen and oxygen atoms in total. The summed E-state index contributed by atoms with van der Waals surface area (Å²) >= 11 is 0. The third-order valence-corrected chi connectivity index (χ3v) is 6.19. The number of carboxylic acid groups (broad SMARTS) is 1. The number of hydrogen-bond acceptors (Lipinski definition) is 3. The fraction of sp³-hybridized carbons (Fsp3) is 0.500. The van der Waals surface area contributed by atoms with Crippen molar-refractivity contribution in [3.63, 3.8) is 0 Å². The zero-order valence-corrected chi connectivity index (χ0v) is 12.3. The largest absolute Gasteiger partial charge is 0.481 e. The Morgan fingerprint density at radius 1 is 1.32 bits per heavy atom. The predicted molar refractivity (Wildman–Crippen MR) is 75.7 cm³/mol. The molecule has 1 N–H and O–H groups in total. The summed E-state index contributed by atoms with van der Waals surface area (Å²) in [5.74, 6) is -0.931. The van der Waals surface area contributed by atoms with Crippen LogP contribution in [0.25, 0.3) is 0 Å². The number of carbonyl (C=O) groups is 1. The summed E-state index contributed by atoms with van der Waals surface area (Å²) in [5, 5.41) is 8.94. The monoisotopic (exact) mass is 284 g/mol. The molecule has 0 saturated carbocycles. The second-order valence-corrected chi connectivity index (χ2v) is 7.20. The van der Waals surface area contributed by atoms with Gasteiger partial charge in [0.25, 0.3) is 0 Å². The van der Waals surface area contributed by atoms with Crippen molar-refractivity contribution in [1.82, 2.24) is 0 Å². The van der Waals surface area contributed by atoms with Crippen LogP contribution in [0.5, 0.6) is 0 Å². The van der Waals surface area contributed by atoms with Gasteiger partial charge < -0.3 is 9.63 Å². The lowest BCUT2D eigenvalue weighted by Gasteiger charge is -2.25. The Bertz CT molecular complexity index is 444. The van der Waals surface area contributed by atoms with Crippen molar-refractivity contribution in [3.05, 3.63) is 35.9 Å². The zero-order valence-electron chi connectivity index (χ0n) is 11.4. The molecule has 0 aliphatic carbocycles. The van der Waals surface area contributed by atoms with Gasteiger partial charge in [0, 0.05) is 5.66 Å². The maximum absolute atomic E-state index is 13.0. The van der Waals surface area contributed by atoms with E-state index in [0.717, 1.165) is 5.56 Å². The van der Waals surface area contributed by atoms with Crippen molar-refractivity contribution in [1.29, 1.82) is 0 Å². The second-order valence-electron chi connectivity index (χ2n) is 4.45. The standard InChI is InChI=1S/C14H21O4P/c1-3-13(10-14(15)16)19(17,18-4-2)11-12-8-6-5-7-9-12/h5-9,13H,3-4,10-11H2,1-2H3,(H,15,16). The van der Waals surface area contributed by atoms with Crippen molar-refractivity contribution in [2.45, 2.75) is 38.5 Å². The maximum Gasteiger partial charge on any atom is 0.304 e. The highest BCUT2D eigenvalue weighted by Crippen LogP contribution is 2.57. The van der Waals surface area contributed by atoms with Gasteiger partial charge in [-0.1, -0.05) is 37.3 Å². The van der Waals surface area contributed by atoms with Crippen LogP contribution in [0.1, 0.15) is 32.3 Å². The quantitative estimate of drug-likeness (QED) is 0.738. The summed E-state index contributed by atoms with van der Waals surface area (Å²) in [6.07, 6.45) is 0.727. The lowest BCUT2D eigenvalue weighted by Crippen LogP contribution is -2.16. The first kappa shape index (κ1) is 15.9. The minimum absolute atomic E-state index is 0.111. The van der Waals surface area contributed by atoms with Crippen LogP contribution in [0.4, 0.5) is 0 Å². The molecule has 0 bridgehead atoms. The fourth-order valence-corrected chi connectivity index (χ4v) is 4.81. The average molecular weight is 284 g/mol. The molecule has 1 aromatic rings. The predicted octanol–water partition coefficient (Wildman–Crippen LogP) is 3.75. The van der Waals surface area contributed by atoms with Crippen LogP contribution in [0.3, 0.4) is 0 Å². The van der Waals surface area contributed by atoms with E-state index >= 15 is 0 Å². The topological polar surface area (TPSA) is 63.6 Å². The summed E-state index contributed by atoms with van der Waals surface area (Å²) in [7, 11) is -2.99. The summed E-state index contributed by atoms with van der Waals surface area (Å²) in [4.78, 5) is 10.9. The first-order chi connectivity index (χ1) is 9.01. The van der Waals surface area contributed by atoms with E-state index < -0.39 is 19.0 Å². The van der Waals surface area contributed by atoms with Gasteiger partial charge in [-0.25, -0.2) is 0 Å². The summed E-state index contributed by atoms with van der Waals surface area (Å²) in [6, 6.07) is 9.43. The molecule has 2 unspecified atom stereocenters. The molecule has 0 fully saturated rings. The first-order valence-corrected chi connectivity index (χ1v) is 8.38. The number of benzene rings is 1. The molecule has 0 aliphatic heterocycles. The molecule has 0 heterocycles. The molecular weight excluding hydrogens is 263 g/mol. The summed E-state index contributed by atoms with van der Waals surface area (Å²) in [6.45, 7) is 3.97. The average Bonchev–Trinajstić information content (AvgIpc) is 2.37. The summed E-state index contributed by atoms with van der Waals surface area (Å²) < 4.78 is 18.4. The van der Waals surface area contributed by atoms with Crippen molar-refractivity contribution >= 4 is 13.3 Å². The molecule has 0 amide bonds. The SMILES string of the molecule is CCOP(=O)(Cc1ccccc1)C(CC)CC(=O)O. The number of aliphatic carboxylic acids is 1. The Hall–Kier alpha value is -1.12. The molecule has 0 aliphatic rings. The Balaban J connectivity index is 2.94. The van der Waals surface area contributed by atoms with Gasteiger partial charge in [0.2, 0.25) is 7.37 Å². The van der Waals surface area contributed by atoms with Gasteiger partial charge >= 0.3 is 5.97 Å². The molecule has 2 atom stereocenters. The number of carboxylic acids is 1. The Kier molecular flexibility index (Phi) is 6.26. The molecule has 106 valence electrons. The van der Waals surface area contributed by atoms with Gasteiger partial charge in [-0.3, -0.25) is 9.36 Å². The van der Waals surface area contributed by atoms with E-state index in [4.69, 9.17) is 9.63 Å². The van der Waals surface area contributed by atoms with Gasteiger partial charge in [-0.05, 0) is 18.9 Å². The smallest absolute Gasteiger partial charge is 0.304 e. The minimum atomic E-state index is -2.99. The van der Waals surface area contributed by atoms with E-state index in [2.05, 4.69) is 0 Å². The van der Waals surface area contributed by atoms with E-state index in [1.807, 2.05) is 37.3 Å². The van der Waals surface area contributed by atoms with Gasteiger partial charge in [0.15, 0.2) is 0 Å². The molecular formula is C14H21O4P. The highest BCUT2D eigenvalue weighted by Gasteiger charge is 2.34. The van der Waals surface area contributed by atoms with Gasteiger partial charge in [0.1, 0.15) is 0 Å². The van der Waals surface area contributed by atoms with Crippen LogP contribution in [0, 0.1) is 0 Å². The molecule has 1 rings (SSSR count). The third kappa shape index (κ3) is 4.81. The second kappa shape index (κ2) is 7.46. The van der Waals surface area contributed by atoms with Crippen LogP contribution in [-0.4, -0.2) is 23.3 Å².